The lowest BCUT2D eigenvalue weighted by Crippen LogP contribution is -1.58. The fourth-order valence-corrected chi connectivity index (χ4v) is 1.12. The molecule has 1 aliphatic rings. The molecule has 4 heteroatoms. The summed E-state index contributed by atoms with van der Waals surface area (Å²) in [4.78, 5) is 0. The van der Waals surface area contributed by atoms with Crippen LogP contribution in [0.15, 0.2) is 10.8 Å². The van der Waals surface area contributed by atoms with Crippen LogP contribution in [0, 0.1) is 0 Å². The molecule has 1 nitrogen and oxygen atoms in total. The van der Waals surface area contributed by atoms with E-state index < -0.39 is 0 Å². The van der Waals surface area contributed by atoms with Gasteiger partial charge < -0.3 is 0 Å². The molecule has 0 aromatic carbocycles. The summed E-state index contributed by atoms with van der Waals surface area (Å²) in [6.45, 7) is 0. The highest BCUT2D eigenvalue weighted by Crippen LogP contribution is 2.17. The number of rotatable bonds is 0. The van der Waals surface area contributed by atoms with Gasteiger partial charge in [0.15, 0.2) is 0 Å². The van der Waals surface area contributed by atoms with Crippen LogP contribution in [-0.2, 0) is 0 Å². The molecule has 0 aromatic heterocycles. The smallest absolute Gasteiger partial charge is 0.00338 e. The standard InChI is InChI=1S/C2H2NS2.ClH/c1-2-5-3-4-1;/h1-2H;1H. The summed E-state index contributed by atoms with van der Waals surface area (Å²) >= 11 is 2.96. The van der Waals surface area contributed by atoms with Crippen molar-refractivity contribution in [1.82, 2.24) is 4.13 Å². The Morgan fingerprint density at radius 2 is 1.67 bits per heavy atom. The van der Waals surface area contributed by atoms with E-state index in [4.69, 9.17) is 0 Å². The molecule has 0 N–H and O–H groups in total. The molecule has 0 aliphatic carbocycles. The van der Waals surface area contributed by atoms with Gasteiger partial charge in [-0.3, -0.25) is 0 Å². The minimum Gasteiger partial charge on any atom is -0.147 e. The van der Waals surface area contributed by atoms with Crippen molar-refractivity contribution in [3.63, 3.8) is 0 Å². The average molecular weight is 141 g/mol. The van der Waals surface area contributed by atoms with E-state index in [9.17, 15) is 0 Å². The molecule has 1 rings (SSSR count). The summed E-state index contributed by atoms with van der Waals surface area (Å²) in [5.41, 5.74) is 0. The second-order valence-electron chi connectivity index (χ2n) is 0.558. The molecule has 0 aromatic rings. The van der Waals surface area contributed by atoms with Crippen LogP contribution in [0.1, 0.15) is 0 Å². The Labute approximate surface area is 51.6 Å². The summed E-state index contributed by atoms with van der Waals surface area (Å²) in [5.74, 6) is 0. The Morgan fingerprint density at radius 1 is 1.17 bits per heavy atom. The molecular formula is C2H3ClNS2. The minimum absolute atomic E-state index is 0. The number of hydrogen-bond acceptors (Lipinski definition) is 2. The molecule has 0 bridgehead atoms. The van der Waals surface area contributed by atoms with Crippen molar-refractivity contribution >= 4 is 36.3 Å². The van der Waals surface area contributed by atoms with Crippen molar-refractivity contribution in [3.05, 3.63) is 10.8 Å². The van der Waals surface area contributed by atoms with Crippen molar-refractivity contribution in [2.75, 3.05) is 0 Å². The molecule has 0 amide bonds. The Balaban J connectivity index is 0.000000250. The summed E-state index contributed by atoms with van der Waals surface area (Å²) < 4.78 is 3.81. The summed E-state index contributed by atoms with van der Waals surface area (Å²) in [6.07, 6.45) is 0. The lowest BCUT2D eigenvalue weighted by Gasteiger charge is -1.69. The molecule has 0 atom stereocenters. The molecule has 1 radical (unpaired) electrons. The predicted molar refractivity (Wildman–Crippen MR) is 33.7 cm³/mol. The van der Waals surface area contributed by atoms with Gasteiger partial charge >= 0.3 is 0 Å². The molecule has 0 unspecified atom stereocenters. The van der Waals surface area contributed by atoms with Gasteiger partial charge in [-0.25, -0.2) is 0 Å². The van der Waals surface area contributed by atoms with Gasteiger partial charge in [-0.05, 0) is 34.7 Å². The topological polar surface area (TPSA) is 14.1 Å². The molecule has 6 heavy (non-hydrogen) atoms. The molecule has 0 fully saturated rings. The van der Waals surface area contributed by atoms with E-state index in [0.717, 1.165) is 0 Å². The zero-order chi connectivity index (χ0) is 3.54. The number of hydrogen-bond donors (Lipinski definition) is 0. The highest BCUT2D eigenvalue weighted by Gasteiger charge is 1.87. The maximum atomic E-state index is 3.81. The van der Waals surface area contributed by atoms with E-state index in [0.29, 0.717) is 0 Å². The number of nitrogens with zero attached hydrogens (tertiary/aromatic N) is 1. The SMILES string of the molecule is C1=CS[N]S1.Cl. The van der Waals surface area contributed by atoms with E-state index in [2.05, 4.69) is 4.13 Å². The first-order chi connectivity index (χ1) is 2.50. The molecule has 1 aliphatic heterocycles. The fraction of sp³-hybridized carbons (Fsp3) is 0. The van der Waals surface area contributed by atoms with Crippen molar-refractivity contribution in [2.24, 2.45) is 0 Å². The first kappa shape index (κ1) is 6.69. The van der Waals surface area contributed by atoms with E-state index in [-0.39, 0.29) is 12.4 Å². The second-order valence-corrected chi connectivity index (χ2v) is 2.12. The Hall–Kier alpha value is 0.690. The van der Waals surface area contributed by atoms with E-state index in [1.54, 1.807) is 0 Å². The monoisotopic (exact) mass is 140 g/mol. The van der Waals surface area contributed by atoms with E-state index >= 15 is 0 Å². The quantitative estimate of drug-likeness (QED) is 0.477. The number of halogens is 1. The van der Waals surface area contributed by atoms with Crippen molar-refractivity contribution in [2.45, 2.75) is 0 Å². The van der Waals surface area contributed by atoms with Crippen molar-refractivity contribution in [3.8, 4) is 0 Å². The molecule has 0 spiro atoms. The third-order valence-electron chi connectivity index (χ3n) is 0.263. The van der Waals surface area contributed by atoms with Gasteiger partial charge in [-0.1, -0.05) is 4.13 Å². The lowest BCUT2D eigenvalue weighted by molar-refractivity contribution is 1.77. The average Bonchev–Trinajstić information content (AvgIpc) is 1.76. The van der Waals surface area contributed by atoms with Gasteiger partial charge in [0.25, 0.3) is 0 Å². The summed E-state index contributed by atoms with van der Waals surface area (Å²) in [7, 11) is 0. The van der Waals surface area contributed by atoms with E-state index in [1.807, 2.05) is 10.8 Å². The highest BCUT2D eigenvalue weighted by molar-refractivity contribution is 8.18. The lowest BCUT2D eigenvalue weighted by atomic mass is 11.3. The molecule has 1 heterocycles. The van der Waals surface area contributed by atoms with Crippen LogP contribution in [0.25, 0.3) is 0 Å². The minimum atomic E-state index is 0. The van der Waals surface area contributed by atoms with Gasteiger partial charge in [0, 0.05) is 0 Å². The van der Waals surface area contributed by atoms with Crippen LogP contribution in [0.4, 0.5) is 0 Å². The molecule has 0 saturated carbocycles. The van der Waals surface area contributed by atoms with Crippen LogP contribution < -0.4 is 4.13 Å². The highest BCUT2D eigenvalue weighted by atomic mass is 35.5. The van der Waals surface area contributed by atoms with Crippen LogP contribution in [0.2, 0.25) is 0 Å². The predicted octanol–water partition coefficient (Wildman–Crippen LogP) is 1.79. The molecular weight excluding hydrogens is 138 g/mol. The van der Waals surface area contributed by atoms with Gasteiger partial charge in [-0.2, -0.15) is 0 Å². The Bertz CT molecular complexity index is 49.5. The maximum absolute atomic E-state index is 3.81. The van der Waals surface area contributed by atoms with Crippen LogP contribution in [0.3, 0.4) is 0 Å². The van der Waals surface area contributed by atoms with Crippen LogP contribution in [-0.4, -0.2) is 0 Å². The molecule has 0 saturated heterocycles. The van der Waals surface area contributed by atoms with Crippen molar-refractivity contribution < 1.29 is 0 Å². The first-order valence-corrected chi connectivity index (χ1v) is 2.84. The van der Waals surface area contributed by atoms with Crippen LogP contribution in [0.5, 0.6) is 0 Å². The maximum Gasteiger partial charge on any atom is -0.00338 e. The second kappa shape index (κ2) is 3.87. The van der Waals surface area contributed by atoms with Gasteiger partial charge in [0.2, 0.25) is 0 Å². The summed E-state index contributed by atoms with van der Waals surface area (Å²) in [6, 6.07) is 0. The Kier molecular flexibility index (Phi) is 4.31. The third-order valence-corrected chi connectivity index (χ3v) is 1.64. The molecule has 35 valence electrons. The third kappa shape index (κ3) is 1.97. The zero-order valence-corrected chi connectivity index (χ0v) is 5.28. The van der Waals surface area contributed by atoms with E-state index in [1.165, 1.54) is 23.9 Å². The van der Waals surface area contributed by atoms with Crippen molar-refractivity contribution in [1.29, 1.82) is 0 Å². The fourth-order valence-electron chi connectivity index (χ4n) is 0.124. The van der Waals surface area contributed by atoms with Gasteiger partial charge in [0.1, 0.15) is 0 Å². The zero-order valence-electron chi connectivity index (χ0n) is 2.83. The van der Waals surface area contributed by atoms with Crippen LogP contribution >= 0.6 is 36.3 Å². The normalized spacial score (nSPS) is 17.3. The first-order valence-electron chi connectivity index (χ1n) is 1.17. The summed E-state index contributed by atoms with van der Waals surface area (Å²) in [5, 5.41) is 3.90. The van der Waals surface area contributed by atoms with Gasteiger partial charge in [-0.15, -0.1) is 12.4 Å². The Morgan fingerprint density at radius 3 is 1.83 bits per heavy atom. The largest absolute Gasteiger partial charge is 0.147 e. The van der Waals surface area contributed by atoms with Gasteiger partial charge in [0.05, 0.1) is 0 Å².